The first-order chi connectivity index (χ1) is 17.5. The Kier molecular flexibility index (Phi) is 8.37. The number of likely N-dealkylation sites (tertiary alicyclic amines) is 1. The van der Waals surface area contributed by atoms with Gasteiger partial charge in [0.2, 0.25) is 0 Å². The van der Waals surface area contributed by atoms with Crippen molar-refractivity contribution in [3.8, 4) is 22.4 Å². The largest absolute Gasteiger partial charge is 0.497 e. The van der Waals surface area contributed by atoms with Crippen LogP contribution in [0.2, 0.25) is 0 Å². The Morgan fingerprint density at radius 1 is 1.11 bits per heavy atom. The Morgan fingerprint density at radius 3 is 2.75 bits per heavy atom. The minimum Gasteiger partial charge on any atom is -0.497 e. The predicted octanol–water partition coefficient (Wildman–Crippen LogP) is 4.35. The highest BCUT2D eigenvalue weighted by Crippen LogP contribution is 2.34. The molecule has 0 aliphatic carbocycles. The Labute approximate surface area is 214 Å². The summed E-state index contributed by atoms with van der Waals surface area (Å²) in [5, 5.41) is 0.344. The molecule has 190 valence electrons. The number of aromatic nitrogens is 2. The third-order valence-corrected chi connectivity index (χ3v) is 6.52. The number of methoxy groups -OCH3 is 2. The second kappa shape index (κ2) is 11.9. The fourth-order valence-electron chi connectivity index (χ4n) is 4.10. The van der Waals surface area contributed by atoms with Gasteiger partial charge >= 0.3 is 5.97 Å². The normalized spacial score (nSPS) is 15.3. The highest BCUT2D eigenvalue weighted by Gasteiger charge is 2.30. The van der Waals surface area contributed by atoms with E-state index in [-0.39, 0.29) is 17.8 Å². The zero-order chi connectivity index (χ0) is 25.5. The Bertz CT molecular complexity index is 1210. The van der Waals surface area contributed by atoms with Crippen LogP contribution in [0.3, 0.4) is 0 Å². The number of hydrogen-bond donors (Lipinski definition) is 0. The lowest BCUT2D eigenvalue weighted by atomic mass is 9.97. The summed E-state index contributed by atoms with van der Waals surface area (Å²) in [4.78, 5) is 31.6. The number of carbonyl (C=O) groups excluding carboxylic acids is 2. The molecule has 2 aromatic carbocycles. The summed E-state index contributed by atoms with van der Waals surface area (Å²) in [6.45, 7) is 3.03. The van der Waals surface area contributed by atoms with Gasteiger partial charge in [0.05, 0.1) is 26.7 Å². The molecule has 3 aromatic rings. The highest BCUT2D eigenvalue weighted by molar-refractivity contribution is 7.07. The summed E-state index contributed by atoms with van der Waals surface area (Å²) in [5.74, 6) is 1.49. The number of piperidine rings is 1. The van der Waals surface area contributed by atoms with Gasteiger partial charge in [-0.25, -0.2) is 0 Å². The van der Waals surface area contributed by atoms with Gasteiger partial charge in [0.25, 0.3) is 11.1 Å². The van der Waals surface area contributed by atoms with E-state index < -0.39 is 0 Å². The average Bonchev–Trinajstić information content (AvgIpc) is 3.35. The number of nitrogens with zero attached hydrogens (tertiary/aromatic N) is 3. The molecule has 1 amide bonds. The second-order valence-electron chi connectivity index (χ2n) is 8.31. The Balaban J connectivity index is 1.47. The van der Waals surface area contributed by atoms with E-state index >= 15 is 0 Å². The summed E-state index contributed by atoms with van der Waals surface area (Å²) in [7, 11) is 3.16. The summed E-state index contributed by atoms with van der Waals surface area (Å²) in [6.07, 6.45) is 1.99. The van der Waals surface area contributed by atoms with Gasteiger partial charge < -0.3 is 23.8 Å². The first kappa shape index (κ1) is 25.4. The lowest BCUT2D eigenvalue weighted by Crippen LogP contribution is -2.42. The van der Waals surface area contributed by atoms with Gasteiger partial charge in [-0.2, -0.15) is 9.36 Å². The Hall–Kier alpha value is -3.66. The van der Waals surface area contributed by atoms with E-state index in [0.29, 0.717) is 60.6 Å². The van der Waals surface area contributed by atoms with E-state index in [9.17, 15) is 9.59 Å². The van der Waals surface area contributed by atoms with Gasteiger partial charge in [0.1, 0.15) is 5.75 Å². The smallest absolute Gasteiger partial charge is 0.310 e. The number of carbonyl (C=O) groups is 2. The molecule has 0 saturated carbocycles. The van der Waals surface area contributed by atoms with Crippen molar-refractivity contribution in [1.29, 1.82) is 0 Å². The molecule has 36 heavy (non-hydrogen) atoms. The molecule has 1 aromatic heterocycles. The van der Waals surface area contributed by atoms with Gasteiger partial charge in [-0.3, -0.25) is 9.59 Å². The molecule has 0 N–H and O–H groups in total. The quantitative estimate of drug-likeness (QED) is 0.391. The molecule has 1 aliphatic rings. The highest BCUT2D eigenvalue weighted by atomic mass is 32.1. The third-order valence-electron chi connectivity index (χ3n) is 5.88. The summed E-state index contributed by atoms with van der Waals surface area (Å²) < 4.78 is 26.2. The molecule has 4 rings (SSSR count). The SMILES string of the molecule is CCOC(=O)C1CCCN(C(=O)c2ccc(OC)c(Oc3nc(Cc4cccc(OC)c4)ns3)c2)C1. The topological polar surface area (TPSA) is 100 Å². The van der Waals surface area contributed by atoms with Gasteiger partial charge in [0, 0.05) is 36.6 Å². The van der Waals surface area contributed by atoms with Crippen LogP contribution in [-0.4, -0.2) is 60.0 Å². The first-order valence-electron chi connectivity index (χ1n) is 11.8. The van der Waals surface area contributed by atoms with Crippen molar-refractivity contribution in [2.24, 2.45) is 5.92 Å². The first-order valence-corrected chi connectivity index (χ1v) is 12.5. The number of hydrogen-bond acceptors (Lipinski definition) is 9. The lowest BCUT2D eigenvalue weighted by Gasteiger charge is -2.31. The molecule has 1 fully saturated rings. The minimum atomic E-state index is -0.305. The number of ether oxygens (including phenoxy) is 4. The predicted molar refractivity (Wildman–Crippen MR) is 134 cm³/mol. The van der Waals surface area contributed by atoms with E-state index in [1.165, 1.54) is 7.11 Å². The van der Waals surface area contributed by atoms with E-state index in [1.54, 1.807) is 37.1 Å². The molecule has 0 radical (unpaired) electrons. The molecular weight excluding hydrogens is 482 g/mol. The maximum atomic E-state index is 13.2. The van der Waals surface area contributed by atoms with E-state index in [0.717, 1.165) is 29.3 Å². The van der Waals surface area contributed by atoms with Crippen molar-refractivity contribution in [2.75, 3.05) is 33.9 Å². The molecule has 2 heterocycles. The monoisotopic (exact) mass is 511 g/mol. The number of rotatable bonds is 9. The van der Waals surface area contributed by atoms with Gasteiger partial charge in [-0.1, -0.05) is 12.1 Å². The molecular formula is C26H29N3O6S. The van der Waals surface area contributed by atoms with Crippen molar-refractivity contribution in [1.82, 2.24) is 14.3 Å². The summed E-state index contributed by atoms with van der Waals surface area (Å²) >= 11 is 1.13. The van der Waals surface area contributed by atoms with Crippen molar-refractivity contribution >= 4 is 23.4 Å². The number of amides is 1. The van der Waals surface area contributed by atoms with Gasteiger partial charge in [-0.05, 0) is 55.7 Å². The van der Waals surface area contributed by atoms with Crippen molar-refractivity contribution in [3.63, 3.8) is 0 Å². The van der Waals surface area contributed by atoms with Crippen LogP contribution in [0.5, 0.6) is 22.4 Å². The van der Waals surface area contributed by atoms with E-state index in [2.05, 4.69) is 9.36 Å². The van der Waals surface area contributed by atoms with Crippen LogP contribution < -0.4 is 14.2 Å². The molecule has 1 unspecified atom stereocenters. The Morgan fingerprint density at radius 2 is 1.97 bits per heavy atom. The summed E-state index contributed by atoms with van der Waals surface area (Å²) in [5.41, 5.74) is 1.46. The minimum absolute atomic E-state index is 0.174. The molecule has 0 spiro atoms. The zero-order valence-corrected chi connectivity index (χ0v) is 21.4. The number of benzene rings is 2. The average molecular weight is 512 g/mol. The molecule has 9 nitrogen and oxygen atoms in total. The van der Waals surface area contributed by atoms with E-state index in [1.807, 2.05) is 24.3 Å². The maximum Gasteiger partial charge on any atom is 0.310 e. The van der Waals surface area contributed by atoms with Crippen LogP contribution >= 0.6 is 11.5 Å². The number of esters is 1. The second-order valence-corrected chi connectivity index (χ2v) is 9.03. The van der Waals surface area contributed by atoms with Crippen LogP contribution in [0.25, 0.3) is 0 Å². The fourth-order valence-corrected chi connectivity index (χ4v) is 4.66. The van der Waals surface area contributed by atoms with Crippen molar-refractivity contribution in [2.45, 2.75) is 26.2 Å². The standard InChI is InChI=1S/C26H29N3O6S/c1-4-34-25(31)19-8-6-12-29(16-19)24(30)18-10-11-21(33-3)22(15-18)35-26-27-23(28-36-26)14-17-7-5-9-20(13-17)32-2/h5,7,9-11,13,15,19H,4,6,8,12,14,16H2,1-3H3. The fraction of sp³-hybridized carbons (Fsp3) is 0.385. The lowest BCUT2D eigenvalue weighted by molar-refractivity contribution is -0.149. The third kappa shape index (κ3) is 6.12. The molecule has 10 heteroatoms. The maximum absolute atomic E-state index is 13.2. The van der Waals surface area contributed by atoms with Crippen LogP contribution in [-0.2, 0) is 16.0 Å². The molecule has 1 saturated heterocycles. The summed E-state index contributed by atoms with van der Waals surface area (Å²) in [6, 6.07) is 12.7. The van der Waals surface area contributed by atoms with Crippen LogP contribution in [0.15, 0.2) is 42.5 Å². The van der Waals surface area contributed by atoms with Crippen molar-refractivity contribution < 1.29 is 28.5 Å². The zero-order valence-electron chi connectivity index (χ0n) is 20.6. The molecule has 1 aliphatic heterocycles. The molecule has 1 atom stereocenters. The van der Waals surface area contributed by atoms with E-state index in [4.69, 9.17) is 18.9 Å². The van der Waals surface area contributed by atoms with Gasteiger partial charge in [-0.15, -0.1) is 0 Å². The van der Waals surface area contributed by atoms with Crippen LogP contribution in [0.1, 0.15) is 41.5 Å². The van der Waals surface area contributed by atoms with Crippen molar-refractivity contribution in [3.05, 3.63) is 59.4 Å². The van der Waals surface area contributed by atoms with Crippen LogP contribution in [0.4, 0.5) is 0 Å². The van der Waals surface area contributed by atoms with Gasteiger partial charge in [0.15, 0.2) is 17.3 Å². The van der Waals surface area contributed by atoms with Crippen LogP contribution in [0, 0.1) is 5.92 Å². The molecule has 0 bridgehead atoms.